The molecule has 0 atom stereocenters. The van der Waals surface area contributed by atoms with Crippen LogP contribution in [0.2, 0.25) is 0 Å². The standard InChI is InChI=1S/C36H22N4/c1-3-9-25-21-35-27(19-23(25)7-1)15-17-33(39-35)31-13-5-11-29(37-31)30-12-6-14-32(38-30)34-18-16-28-20-24-8-2-4-10-26(24)22-36(28)40-34/h1-22H. The van der Waals surface area contributed by atoms with Crippen molar-refractivity contribution in [2.75, 3.05) is 0 Å². The van der Waals surface area contributed by atoms with E-state index < -0.39 is 0 Å². The average molecular weight is 511 g/mol. The molecule has 0 spiro atoms. The zero-order chi connectivity index (χ0) is 26.5. The Hall–Kier alpha value is -5.48. The third-order valence-electron chi connectivity index (χ3n) is 7.40. The Kier molecular flexibility index (Phi) is 5.10. The molecule has 0 N–H and O–H groups in total. The van der Waals surface area contributed by atoms with Gasteiger partial charge in [0.05, 0.1) is 45.2 Å². The van der Waals surface area contributed by atoms with Crippen LogP contribution in [-0.2, 0) is 0 Å². The molecule has 0 fully saturated rings. The first-order valence-corrected chi connectivity index (χ1v) is 13.3. The Morgan fingerprint density at radius 3 is 1.00 bits per heavy atom. The largest absolute Gasteiger partial charge is 0.246 e. The summed E-state index contributed by atoms with van der Waals surface area (Å²) in [6.07, 6.45) is 0. The molecule has 4 aromatic heterocycles. The minimum Gasteiger partial charge on any atom is -0.246 e. The Bertz CT molecular complexity index is 2080. The summed E-state index contributed by atoms with van der Waals surface area (Å²) in [6.45, 7) is 0. The molecule has 0 radical (unpaired) electrons. The summed E-state index contributed by atoms with van der Waals surface area (Å²) in [4.78, 5) is 19.8. The molecule has 0 amide bonds. The Labute approximate surface area is 230 Å². The van der Waals surface area contributed by atoms with E-state index in [-0.39, 0.29) is 0 Å². The van der Waals surface area contributed by atoms with E-state index in [9.17, 15) is 0 Å². The molecule has 40 heavy (non-hydrogen) atoms. The molecule has 4 heterocycles. The van der Waals surface area contributed by atoms with Crippen LogP contribution in [0.5, 0.6) is 0 Å². The van der Waals surface area contributed by atoms with E-state index in [4.69, 9.17) is 19.9 Å². The van der Waals surface area contributed by atoms with Gasteiger partial charge in [-0.3, -0.25) is 0 Å². The van der Waals surface area contributed by atoms with Gasteiger partial charge in [-0.2, -0.15) is 0 Å². The van der Waals surface area contributed by atoms with Gasteiger partial charge in [0.25, 0.3) is 0 Å². The highest BCUT2D eigenvalue weighted by Gasteiger charge is 2.10. The molecule has 0 unspecified atom stereocenters. The van der Waals surface area contributed by atoms with Gasteiger partial charge in [0.15, 0.2) is 0 Å². The molecule has 0 saturated carbocycles. The Morgan fingerprint density at radius 2 is 0.600 bits per heavy atom. The molecular formula is C36H22N4. The second kappa shape index (κ2) is 9.07. The van der Waals surface area contributed by atoms with Gasteiger partial charge in [-0.25, -0.2) is 19.9 Å². The van der Waals surface area contributed by atoms with E-state index >= 15 is 0 Å². The van der Waals surface area contributed by atoms with Gasteiger partial charge < -0.3 is 0 Å². The lowest BCUT2D eigenvalue weighted by molar-refractivity contribution is 1.22. The molecule has 4 nitrogen and oxygen atoms in total. The zero-order valence-corrected chi connectivity index (χ0v) is 21.5. The van der Waals surface area contributed by atoms with Crippen LogP contribution in [0.3, 0.4) is 0 Å². The first-order chi connectivity index (χ1) is 19.8. The summed E-state index contributed by atoms with van der Waals surface area (Å²) in [5.41, 5.74) is 6.81. The van der Waals surface area contributed by atoms with E-state index in [0.29, 0.717) is 0 Å². The van der Waals surface area contributed by atoms with Crippen molar-refractivity contribution in [3.05, 3.63) is 133 Å². The number of fused-ring (bicyclic) bond motifs is 4. The second-order valence-corrected chi connectivity index (χ2v) is 9.99. The van der Waals surface area contributed by atoms with Crippen molar-refractivity contribution in [3.8, 4) is 34.2 Å². The van der Waals surface area contributed by atoms with Crippen molar-refractivity contribution < 1.29 is 0 Å². The van der Waals surface area contributed by atoms with Crippen molar-refractivity contribution in [1.29, 1.82) is 0 Å². The number of rotatable bonds is 3. The van der Waals surface area contributed by atoms with Crippen molar-refractivity contribution in [1.82, 2.24) is 19.9 Å². The summed E-state index contributed by atoms with van der Waals surface area (Å²) in [7, 11) is 0. The van der Waals surface area contributed by atoms with Gasteiger partial charge in [-0.05, 0) is 82.2 Å². The van der Waals surface area contributed by atoms with Crippen molar-refractivity contribution in [2.45, 2.75) is 0 Å². The highest BCUT2D eigenvalue weighted by atomic mass is 14.8. The fourth-order valence-electron chi connectivity index (χ4n) is 5.35. The van der Waals surface area contributed by atoms with Crippen molar-refractivity contribution in [2.24, 2.45) is 0 Å². The fourth-order valence-corrected chi connectivity index (χ4v) is 5.35. The smallest absolute Gasteiger partial charge is 0.0894 e. The van der Waals surface area contributed by atoms with Gasteiger partial charge in [0.1, 0.15) is 0 Å². The molecule has 0 bridgehead atoms. The molecule has 0 aliphatic carbocycles. The van der Waals surface area contributed by atoms with Crippen molar-refractivity contribution >= 4 is 43.4 Å². The Morgan fingerprint density at radius 1 is 0.250 bits per heavy atom. The normalized spacial score (nSPS) is 11.5. The van der Waals surface area contributed by atoms with Crippen LogP contribution >= 0.6 is 0 Å². The molecule has 0 saturated heterocycles. The molecule has 8 rings (SSSR count). The maximum absolute atomic E-state index is 4.96. The van der Waals surface area contributed by atoms with Crippen LogP contribution in [0.15, 0.2) is 133 Å². The average Bonchev–Trinajstić information content (AvgIpc) is 3.02. The molecular weight excluding hydrogens is 488 g/mol. The lowest BCUT2D eigenvalue weighted by Gasteiger charge is -2.08. The van der Waals surface area contributed by atoms with E-state index in [1.54, 1.807) is 0 Å². The van der Waals surface area contributed by atoms with Gasteiger partial charge in [-0.1, -0.05) is 72.8 Å². The second-order valence-electron chi connectivity index (χ2n) is 9.99. The van der Waals surface area contributed by atoms with Gasteiger partial charge in [0.2, 0.25) is 0 Å². The summed E-state index contributed by atoms with van der Waals surface area (Å²) >= 11 is 0. The highest BCUT2D eigenvalue weighted by molar-refractivity contribution is 5.98. The number of benzene rings is 4. The van der Waals surface area contributed by atoms with Crippen LogP contribution in [0.4, 0.5) is 0 Å². The first kappa shape index (κ1) is 22.5. The molecule has 4 heteroatoms. The lowest BCUT2D eigenvalue weighted by Crippen LogP contribution is -1.94. The van der Waals surface area contributed by atoms with Crippen LogP contribution in [0.25, 0.3) is 77.5 Å². The molecule has 186 valence electrons. The van der Waals surface area contributed by atoms with Crippen molar-refractivity contribution in [3.63, 3.8) is 0 Å². The minimum atomic E-state index is 0.798. The maximum atomic E-state index is 4.96. The number of hydrogen-bond acceptors (Lipinski definition) is 4. The number of hydrogen-bond donors (Lipinski definition) is 0. The number of aromatic nitrogens is 4. The van der Waals surface area contributed by atoms with E-state index in [1.165, 1.54) is 21.5 Å². The topological polar surface area (TPSA) is 51.6 Å². The Balaban J connectivity index is 1.17. The molecule has 0 aliphatic heterocycles. The summed E-state index contributed by atoms with van der Waals surface area (Å²) in [6, 6.07) is 45.7. The quantitative estimate of drug-likeness (QED) is 0.223. The minimum absolute atomic E-state index is 0.798. The van der Waals surface area contributed by atoms with E-state index in [0.717, 1.165) is 56.0 Å². The molecule has 0 aliphatic rings. The van der Waals surface area contributed by atoms with E-state index in [2.05, 4.69) is 84.9 Å². The SMILES string of the molecule is c1cc(-c2cccc(-c3ccc4cc5ccccc5cc4n3)n2)nc(-c2ccc3cc4ccccc4cc3n2)c1. The molecule has 8 aromatic rings. The number of pyridine rings is 4. The fraction of sp³-hybridized carbons (Fsp3) is 0. The zero-order valence-electron chi connectivity index (χ0n) is 21.5. The lowest BCUT2D eigenvalue weighted by atomic mass is 10.1. The van der Waals surface area contributed by atoms with Gasteiger partial charge in [-0.15, -0.1) is 0 Å². The third-order valence-corrected chi connectivity index (χ3v) is 7.40. The van der Waals surface area contributed by atoms with Crippen LogP contribution in [-0.4, -0.2) is 19.9 Å². The first-order valence-electron chi connectivity index (χ1n) is 13.3. The molecule has 4 aromatic carbocycles. The predicted octanol–water partition coefficient (Wildman–Crippen LogP) is 8.88. The summed E-state index contributed by atoms with van der Waals surface area (Å²) in [5, 5.41) is 7.01. The highest BCUT2D eigenvalue weighted by Crippen LogP contribution is 2.28. The third kappa shape index (κ3) is 3.94. The van der Waals surface area contributed by atoms with Crippen LogP contribution in [0.1, 0.15) is 0 Å². The van der Waals surface area contributed by atoms with Crippen LogP contribution < -0.4 is 0 Å². The summed E-state index contributed by atoms with van der Waals surface area (Å²) in [5.74, 6) is 0. The predicted molar refractivity (Wildman–Crippen MR) is 164 cm³/mol. The monoisotopic (exact) mass is 510 g/mol. The maximum Gasteiger partial charge on any atom is 0.0894 e. The summed E-state index contributed by atoms with van der Waals surface area (Å²) < 4.78 is 0. The van der Waals surface area contributed by atoms with Crippen LogP contribution in [0, 0.1) is 0 Å². The number of nitrogens with zero attached hydrogens (tertiary/aromatic N) is 4. The van der Waals surface area contributed by atoms with Gasteiger partial charge >= 0.3 is 0 Å². The van der Waals surface area contributed by atoms with E-state index in [1.807, 2.05) is 48.5 Å². The van der Waals surface area contributed by atoms with Gasteiger partial charge in [0, 0.05) is 10.8 Å².